The zero-order valence-electron chi connectivity index (χ0n) is 27.0. The van der Waals surface area contributed by atoms with Gasteiger partial charge in [0, 0.05) is 17.2 Å². The third-order valence-electron chi connectivity index (χ3n) is 8.25. The summed E-state index contributed by atoms with van der Waals surface area (Å²) in [6.07, 6.45) is 3.09. The predicted molar refractivity (Wildman–Crippen MR) is 182 cm³/mol. The third-order valence-corrected chi connectivity index (χ3v) is 10.4. The molecule has 0 saturated carbocycles. The summed E-state index contributed by atoms with van der Waals surface area (Å²) in [6, 6.07) is 8.95. The first-order valence-electron chi connectivity index (χ1n) is 15.1. The van der Waals surface area contributed by atoms with Gasteiger partial charge in [-0.25, -0.2) is 17.9 Å². The van der Waals surface area contributed by atoms with Crippen LogP contribution in [0.4, 0.5) is 0 Å². The zero-order valence-corrected chi connectivity index (χ0v) is 29.4. The number of aromatic nitrogens is 1. The number of sulfonamides is 1. The molecule has 14 heteroatoms. The normalized spacial score (nSPS) is 14.3. The van der Waals surface area contributed by atoms with Crippen LogP contribution in [0.2, 0.25) is 0 Å². The van der Waals surface area contributed by atoms with Crippen LogP contribution in [0.3, 0.4) is 0 Å². The van der Waals surface area contributed by atoms with E-state index in [0.717, 1.165) is 27.6 Å². The molecule has 0 unspecified atom stereocenters. The highest BCUT2D eigenvalue weighted by Crippen LogP contribution is 2.42. The predicted octanol–water partition coefficient (Wildman–Crippen LogP) is 4.15. The molecule has 1 aliphatic heterocycles. The lowest BCUT2D eigenvalue weighted by molar-refractivity contribution is -0.139. The van der Waals surface area contributed by atoms with Gasteiger partial charge in [0.05, 0.1) is 11.4 Å². The maximum absolute atomic E-state index is 13.4. The van der Waals surface area contributed by atoms with E-state index < -0.39 is 39.5 Å². The van der Waals surface area contributed by atoms with Gasteiger partial charge in [0.2, 0.25) is 5.96 Å². The van der Waals surface area contributed by atoms with E-state index in [0.29, 0.717) is 23.3 Å². The Hall–Kier alpha value is -4.17. The summed E-state index contributed by atoms with van der Waals surface area (Å²) in [4.78, 5) is 38.0. The van der Waals surface area contributed by atoms with E-state index in [1.807, 2.05) is 45.0 Å². The lowest BCUT2D eigenvalue weighted by atomic mass is 9.88. The standard InChI is InChI=1S/C33H40BrN5O7S/c1-19-20(2)28(21(3)24-13-14-33(4,5)46-27(19)24)47(44,45)38-32(35)36-15-7-12-26(31(42)43)37-29(40)25-11-8-16-39(30(25)41)18-22-9-6-10-23(34)17-22/h6,8-11,16-17,26H,7,12-15,18H2,1-5H3,(H,37,40)(H,42,43)(H3,35,36,38)/t26-/m0/s1. The van der Waals surface area contributed by atoms with Gasteiger partial charge in [-0.15, -0.1) is 0 Å². The third kappa shape index (κ3) is 8.41. The molecule has 252 valence electrons. The van der Waals surface area contributed by atoms with Crippen LogP contribution in [0.15, 0.2) is 56.8 Å². The average Bonchev–Trinajstić information content (AvgIpc) is 2.97. The van der Waals surface area contributed by atoms with E-state index >= 15 is 0 Å². The van der Waals surface area contributed by atoms with E-state index in [1.54, 1.807) is 26.1 Å². The van der Waals surface area contributed by atoms with Gasteiger partial charge >= 0.3 is 5.97 Å². The van der Waals surface area contributed by atoms with Crippen molar-refractivity contribution < 1.29 is 27.9 Å². The molecule has 0 radical (unpaired) electrons. The molecule has 5 N–H and O–H groups in total. The Morgan fingerprint density at radius 3 is 2.53 bits per heavy atom. The number of rotatable bonds is 11. The minimum absolute atomic E-state index is 0.0360. The fourth-order valence-corrected chi connectivity index (χ4v) is 7.62. The van der Waals surface area contributed by atoms with Crippen LogP contribution in [0.25, 0.3) is 0 Å². The first-order chi connectivity index (χ1) is 22.0. The summed E-state index contributed by atoms with van der Waals surface area (Å²) in [5.74, 6) is -1.87. The Balaban J connectivity index is 1.35. The molecule has 47 heavy (non-hydrogen) atoms. The number of hydrogen-bond donors (Lipinski definition) is 5. The van der Waals surface area contributed by atoms with Crippen molar-refractivity contribution in [2.24, 2.45) is 0 Å². The molecule has 4 rings (SSSR count). The first kappa shape index (κ1) is 35.7. The van der Waals surface area contributed by atoms with Gasteiger partial charge in [-0.3, -0.25) is 15.0 Å². The minimum atomic E-state index is -4.13. The molecule has 0 bridgehead atoms. The van der Waals surface area contributed by atoms with Crippen LogP contribution >= 0.6 is 15.9 Å². The zero-order chi connectivity index (χ0) is 34.7. The number of carbonyl (C=O) groups is 2. The van der Waals surface area contributed by atoms with Crippen LogP contribution in [0.5, 0.6) is 5.75 Å². The Bertz CT molecular complexity index is 1890. The molecule has 0 fully saturated rings. The van der Waals surface area contributed by atoms with Crippen molar-refractivity contribution >= 4 is 43.8 Å². The van der Waals surface area contributed by atoms with Crippen LogP contribution in [-0.4, -0.2) is 54.1 Å². The number of amides is 1. The minimum Gasteiger partial charge on any atom is -0.487 e. The van der Waals surface area contributed by atoms with Crippen molar-refractivity contribution in [3.05, 3.63) is 90.8 Å². The second-order valence-electron chi connectivity index (χ2n) is 12.3. The summed E-state index contributed by atoms with van der Waals surface area (Å²) in [5.41, 5.74) is 2.42. The second-order valence-corrected chi connectivity index (χ2v) is 14.8. The lowest BCUT2D eigenvalue weighted by Crippen LogP contribution is -2.44. The quantitative estimate of drug-likeness (QED) is 0.111. The van der Waals surface area contributed by atoms with E-state index in [9.17, 15) is 27.9 Å². The van der Waals surface area contributed by atoms with Crippen LogP contribution in [-0.2, 0) is 27.8 Å². The van der Waals surface area contributed by atoms with Gasteiger partial charge in [-0.05, 0) is 112 Å². The molecular weight excluding hydrogens is 690 g/mol. The molecule has 1 atom stereocenters. The molecule has 1 aliphatic rings. The highest BCUT2D eigenvalue weighted by molar-refractivity contribution is 9.10. The van der Waals surface area contributed by atoms with Crippen molar-refractivity contribution in [2.45, 2.75) is 83.4 Å². The molecule has 3 aromatic rings. The first-order valence-corrected chi connectivity index (χ1v) is 17.4. The second kappa shape index (κ2) is 14.3. The molecule has 12 nitrogen and oxygen atoms in total. The van der Waals surface area contributed by atoms with Gasteiger partial charge in [-0.1, -0.05) is 28.1 Å². The van der Waals surface area contributed by atoms with Crippen molar-refractivity contribution in [2.75, 3.05) is 6.54 Å². The summed E-state index contributed by atoms with van der Waals surface area (Å²) < 4.78 is 37.5. The summed E-state index contributed by atoms with van der Waals surface area (Å²) in [5, 5.41) is 23.0. The fraction of sp³-hybridized carbons (Fsp3) is 0.394. The molecule has 0 spiro atoms. The molecule has 2 aromatic carbocycles. The molecule has 0 saturated heterocycles. The number of guanidine groups is 1. The van der Waals surface area contributed by atoms with E-state index in [1.165, 1.54) is 10.6 Å². The van der Waals surface area contributed by atoms with Crippen LogP contribution < -0.4 is 25.7 Å². The molecule has 1 amide bonds. The maximum atomic E-state index is 13.4. The molecule has 0 aliphatic carbocycles. The number of pyridine rings is 1. The van der Waals surface area contributed by atoms with Gasteiger partial charge in [0.1, 0.15) is 23.0 Å². The SMILES string of the molecule is Cc1c(C)c(S(=O)(=O)NC(=N)NCCC[C@H](NC(=O)c2cccn(Cc3cccc(Br)c3)c2=O)C(=O)O)c(C)c2c1OC(C)(C)CC2. The number of fused-ring (bicyclic) bond motifs is 1. The summed E-state index contributed by atoms with van der Waals surface area (Å²) in [6.45, 7) is 9.56. The number of halogens is 1. The smallest absolute Gasteiger partial charge is 0.326 e. The monoisotopic (exact) mass is 729 g/mol. The van der Waals surface area contributed by atoms with E-state index in [4.69, 9.17) is 10.1 Å². The largest absolute Gasteiger partial charge is 0.487 e. The number of carbonyl (C=O) groups excluding carboxylic acids is 1. The maximum Gasteiger partial charge on any atom is 0.326 e. The average molecular weight is 731 g/mol. The Labute approximate surface area is 282 Å². The highest BCUT2D eigenvalue weighted by Gasteiger charge is 2.33. The number of carboxylic acid groups (broad SMARTS) is 1. The Kier molecular flexibility index (Phi) is 10.9. The lowest BCUT2D eigenvalue weighted by Gasteiger charge is -2.35. The van der Waals surface area contributed by atoms with E-state index in [2.05, 4.69) is 31.3 Å². The van der Waals surface area contributed by atoms with Crippen molar-refractivity contribution in [1.82, 2.24) is 19.9 Å². The number of carboxylic acids is 1. The van der Waals surface area contributed by atoms with Crippen LogP contribution in [0, 0.1) is 26.2 Å². The molecule has 2 heterocycles. The number of benzene rings is 2. The van der Waals surface area contributed by atoms with Gasteiger partial charge in [-0.2, -0.15) is 0 Å². The van der Waals surface area contributed by atoms with Crippen molar-refractivity contribution in [3.63, 3.8) is 0 Å². The molecular formula is C33H40BrN5O7S. The Morgan fingerprint density at radius 2 is 1.85 bits per heavy atom. The highest BCUT2D eigenvalue weighted by atomic mass is 79.9. The van der Waals surface area contributed by atoms with Crippen molar-refractivity contribution in [1.29, 1.82) is 5.41 Å². The Morgan fingerprint density at radius 1 is 1.13 bits per heavy atom. The molecule has 1 aromatic heterocycles. The number of nitrogens with zero attached hydrogens (tertiary/aromatic N) is 1. The van der Waals surface area contributed by atoms with Gasteiger partial charge in [0.25, 0.3) is 21.5 Å². The summed E-state index contributed by atoms with van der Waals surface area (Å²) >= 11 is 3.39. The summed E-state index contributed by atoms with van der Waals surface area (Å²) in [7, 11) is -4.13. The van der Waals surface area contributed by atoms with Crippen molar-refractivity contribution in [3.8, 4) is 5.75 Å². The number of nitrogens with one attached hydrogen (secondary N) is 4. The number of aliphatic carboxylic acids is 1. The van der Waals surface area contributed by atoms with Gasteiger partial charge in [0.15, 0.2) is 0 Å². The van der Waals surface area contributed by atoms with Gasteiger partial charge < -0.3 is 25.0 Å². The topological polar surface area (TPSA) is 180 Å². The number of hydrogen-bond acceptors (Lipinski definition) is 7. The van der Waals surface area contributed by atoms with Crippen LogP contribution in [0.1, 0.15) is 71.3 Å². The van der Waals surface area contributed by atoms with E-state index in [-0.39, 0.29) is 42.0 Å². The number of ether oxygens (including phenoxy) is 1. The fourth-order valence-electron chi connectivity index (χ4n) is 5.65.